The van der Waals surface area contributed by atoms with Crippen molar-refractivity contribution in [1.29, 1.82) is 0 Å². The van der Waals surface area contributed by atoms with Crippen molar-refractivity contribution in [2.24, 2.45) is 0 Å². The Morgan fingerprint density at radius 2 is 1.59 bits per heavy atom. The van der Waals surface area contributed by atoms with Crippen LogP contribution in [0.4, 0.5) is 15.8 Å². The zero-order valence-electron chi connectivity index (χ0n) is 16.9. The maximum Gasteiger partial charge on any atom is 0.304 e. The minimum atomic E-state index is -3.90. The monoisotopic (exact) mass is 422 g/mol. The number of benzene rings is 2. The summed E-state index contributed by atoms with van der Waals surface area (Å²) in [5.74, 6) is -0.912. The third-order valence-electron chi connectivity index (χ3n) is 4.33. The smallest absolute Gasteiger partial charge is 0.304 e. The van der Waals surface area contributed by atoms with Crippen molar-refractivity contribution < 1.29 is 17.6 Å². The number of carbonyl (C=O) groups is 1. The summed E-state index contributed by atoms with van der Waals surface area (Å²) >= 11 is 0. The summed E-state index contributed by atoms with van der Waals surface area (Å²) in [5.41, 5.74) is 1.30. The Morgan fingerprint density at radius 3 is 2.17 bits per heavy atom. The molecule has 2 rings (SSSR count). The molecule has 0 aliphatic heterocycles. The average Bonchev–Trinajstić information content (AvgIpc) is 2.70. The highest BCUT2D eigenvalue weighted by molar-refractivity contribution is 7.90. The summed E-state index contributed by atoms with van der Waals surface area (Å²) in [4.78, 5) is 14.4. The van der Waals surface area contributed by atoms with E-state index >= 15 is 0 Å². The second-order valence-electron chi connectivity index (χ2n) is 6.73. The van der Waals surface area contributed by atoms with Crippen LogP contribution in [0.25, 0.3) is 0 Å². The Morgan fingerprint density at radius 1 is 0.966 bits per heavy atom. The van der Waals surface area contributed by atoms with Gasteiger partial charge in [0, 0.05) is 39.9 Å². The van der Waals surface area contributed by atoms with Crippen LogP contribution >= 0.6 is 0 Å². The van der Waals surface area contributed by atoms with E-state index in [-0.39, 0.29) is 12.2 Å². The molecule has 0 bridgehead atoms. The topological polar surface area (TPSA) is 73.0 Å². The molecule has 1 amide bonds. The lowest BCUT2D eigenvalue weighted by Crippen LogP contribution is -2.46. The van der Waals surface area contributed by atoms with Crippen molar-refractivity contribution in [3.8, 4) is 0 Å². The molecule has 2 aromatic rings. The molecule has 1 N–H and O–H groups in total. The van der Waals surface area contributed by atoms with Gasteiger partial charge in [-0.3, -0.25) is 4.79 Å². The number of hydrogen-bond acceptors (Lipinski definition) is 4. The quantitative estimate of drug-likeness (QED) is 0.595. The largest absolute Gasteiger partial charge is 0.375 e. The number of carbonyl (C=O) groups excluding carboxylic acids is 1. The SMILES string of the molecule is CN(CCCNC(=O)CN(c1ccc(F)cc1)S(=O)(=O)N(C)C)c1ccccc1. The fraction of sp³-hybridized carbons (Fsp3) is 0.350. The Hall–Kier alpha value is -2.65. The van der Waals surface area contributed by atoms with Gasteiger partial charge in [0.25, 0.3) is 0 Å². The van der Waals surface area contributed by atoms with Gasteiger partial charge in [-0.2, -0.15) is 12.7 Å². The van der Waals surface area contributed by atoms with Gasteiger partial charge >= 0.3 is 10.2 Å². The van der Waals surface area contributed by atoms with E-state index in [0.717, 1.165) is 33.0 Å². The van der Waals surface area contributed by atoms with E-state index in [1.807, 2.05) is 37.4 Å². The third kappa shape index (κ3) is 6.43. The van der Waals surface area contributed by atoms with Gasteiger partial charge in [0.15, 0.2) is 0 Å². The van der Waals surface area contributed by atoms with Gasteiger partial charge in [0.2, 0.25) is 5.91 Å². The molecule has 29 heavy (non-hydrogen) atoms. The Kier molecular flexibility index (Phi) is 7.98. The lowest BCUT2D eigenvalue weighted by Gasteiger charge is -2.27. The van der Waals surface area contributed by atoms with E-state index in [9.17, 15) is 17.6 Å². The maximum absolute atomic E-state index is 13.2. The zero-order valence-corrected chi connectivity index (χ0v) is 17.7. The van der Waals surface area contributed by atoms with Crippen molar-refractivity contribution >= 4 is 27.5 Å². The molecule has 0 unspecified atom stereocenters. The molecule has 158 valence electrons. The maximum atomic E-state index is 13.2. The molecule has 0 aliphatic rings. The van der Waals surface area contributed by atoms with E-state index < -0.39 is 21.9 Å². The molecule has 0 radical (unpaired) electrons. The van der Waals surface area contributed by atoms with E-state index in [2.05, 4.69) is 10.2 Å². The number of hydrogen-bond donors (Lipinski definition) is 1. The summed E-state index contributed by atoms with van der Waals surface area (Å²) in [6.45, 7) is 0.762. The molecule has 0 fully saturated rings. The summed E-state index contributed by atoms with van der Waals surface area (Å²) < 4.78 is 40.4. The molecule has 0 aliphatic carbocycles. The van der Waals surface area contributed by atoms with Crippen LogP contribution in [0.1, 0.15) is 6.42 Å². The minimum absolute atomic E-state index is 0.221. The zero-order chi connectivity index (χ0) is 21.4. The van der Waals surface area contributed by atoms with Gasteiger partial charge in [0.1, 0.15) is 12.4 Å². The van der Waals surface area contributed by atoms with Gasteiger partial charge in [-0.25, -0.2) is 8.70 Å². The fourth-order valence-corrected chi connectivity index (χ4v) is 3.72. The molecule has 0 atom stereocenters. The number of nitrogens with one attached hydrogen (secondary N) is 1. The lowest BCUT2D eigenvalue weighted by atomic mass is 10.3. The summed E-state index contributed by atoms with van der Waals surface area (Å²) in [7, 11) is 0.821. The molecular formula is C20H27FN4O3S. The molecule has 9 heteroatoms. The van der Waals surface area contributed by atoms with Crippen LogP contribution in [0, 0.1) is 5.82 Å². The summed E-state index contributed by atoms with van der Waals surface area (Å²) in [5, 5.41) is 2.75. The number of halogens is 1. The van der Waals surface area contributed by atoms with Gasteiger partial charge in [-0.1, -0.05) is 18.2 Å². The van der Waals surface area contributed by atoms with Crippen LogP contribution in [-0.4, -0.2) is 59.4 Å². The number of nitrogens with zero attached hydrogens (tertiary/aromatic N) is 3. The highest BCUT2D eigenvalue weighted by atomic mass is 32.2. The fourth-order valence-electron chi connectivity index (χ4n) is 2.65. The van der Waals surface area contributed by atoms with Gasteiger partial charge in [-0.05, 0) is 42.8 Å². The average molecular weight is 423 g/mol. The van der Waals surface area contributed by atoms with Gasteiger partial charge in [0.05, 0.1) is 5.69 Å². The van der Waals surface area contributed by atoms with Gasteiger partial charge in [-0.15, -0.1) is 0 Å². The standard InChI is InChI=1S/C20H27FN4O3S/c1-23(2)29(27,28)25(19-12-10-17(21)11-13-19)16-20(26)22-14-7-15-24(3)18-8-5-4-6-9-18/h4-6,8-13H,7,14-16H2,1-3H3,(H,22,26). The number of anilines is 2. The van der Waals surface area contributed by atoms with Crippen LogP contribution < -0.4 is 14.5 Å². The van der Waals surface area contributed by atoms with Crippen molar-refractivity contribution in [2.45, 2.75) is 6.42 Å². The molecule has 0 heterocycles. The minimum Gasteiger partial charge on any atom is -0.375 e. The van der Waals surface area contributed by atoms with Crippen molar-refractivity contribution in [1.82, 2.24) is 9.62 Å². The Bertz CT molecular complexity index is 890. The Labute approximate surface area is 171 Å². The molecule has 7 nitrogen and oxygen atoms in total. The second kappa shape index (κ2) is 10.2. The molecule has 2 aromatic carbocycles. The van der Waals surface area contributed by atoms with Crippen LogP contribution in [-0.2, 0) is 15.0 Å². The van der Waals surface area contributed by atoms with Crippen LogP contribution in [0.3, 0.4) is 0 Å². The van der Waals surface area contributed by atoms with Crippen molar-refractivity contribution in [3.63, 3.8) is 0 Å². The summed E-state index contributed by atoms with van der Waals surface area (Å²) in [6.07, 6.45) is 0.702. The van der Waals surface area contributed by atoms with Crippen LogP contribution in [0.2, 0.25) is 0 Å². The molecule has 0 saturated carbocycles. The third-order valence-corrected chi connectivity index (χ3v) is 6.15. The predicted octanol–water partition coefficient (Wildman–Crippen LogP) is 2.08. The van der Waals surface area contributed by atoms with Gasteiger partial charge < -0.3 is 10.2 Å². The lowest BCUT2D eigenvalue weighted by molar-refractivity contribution is -0.119. The first-order valence-electron chi connectivity index (χ1n) is 9.20. The second-order valence-corrected chi connectivity index (χ2v) is 8.80. The summed E-state index contributed by atoms with van der Waals surface area (Å²) in [6, 6.07) is 14.9. The highest BCUT2D eigenvalue weighted by Crippen LogP contribution is 2.19. The van der Waals surface area contributed by atoms with Crippen LogP contribution in [0.5, 0.6) is 0 Å². The number of rotatable bonds is 10. The van der Waals surface area contributed by atoms with E-state index in [0.29, 0.717) is 13.0 Å². The number of amides is 1. The molecule has 0 aromatic heterocycles. The van der Waals surface area contributed by atoms with E-state index in [1.54, 1.807) is 0 Å². The molecule has 0 spiro atoms. The Balaban J connectivity index is 1.93. The molecule has 0 saturated heterocycles. The van der Waals surface area contributed by atoms with E-state index in [4.69, 9.17) is 0 Å². The predicted molar refractivity (Wildman–Crippen MR) is 114 cm³/mol. The van der Waals surface area contributed by atoms with Crippen molar-refractivity contribution in [2.75, 3.05) is 50.0 Å². The number of para-hydroxylation sites is 1. The first-order valence-corrected chi connectivity index (χ1v) is 10.6. The normalized spacial score (nSPS) is 11.3. The van der Waals surface area contributed by atoms with Crippen molar-refractivity contribution in [3.05, 3.63) is 60.4 Å². The van der Waals surface area contributed by atoms with Crippen LogP contribution in [0.15, 0.2) is 54.6 Å². The molecular weight excluding hydrogens is 395 g/mol. The van der Waals surface area contributed by atoms with E-state index in [1.165, 1.54) is 26.2 Å². The first-order chi connectivity index (χ1) is 13.7. The highest BCUT2D eigenvalue weighted by Gasteiger charge is 2.27. The first kappa shape index (κ1) is 22.6.